The predicted octanol–water partition coefficient (Wildman–Crippen LogP) is 6.32. The first kappa shape index (κ1) is 21.6. The second-order valence-corrected chi connectivity index (χ2v) is 5.09. The van der Waals surface area contributed by atoms with Crippen molar-refractivity contribution in [1.29, 1.82) is 0 Å². The van der Waals surface area contributed by atoms with Gasteiger partial charge in [-0.15, -0.1) is 0 Å². The maximum Gasteiger partial charge on any atom is 0.303 e. The summed E-state index contributed by atoms with van der Waals surface area (Å²) in [6.45, 7) is 2.14. The van der Waals surface area contributed by atoms with Gasteiger partial charge in [0.2, 0.25) is 0 Å². The Morgan fingerprint density at radius 2 is 1.12 bits per heavy atom. The SMILES string of the molecule is CC/C=C\C/C=C\C/C=C\C\C=C/C=C/C=C/C=C/CCC(=O)O. The van der Waals surface area contributed by atoms with Crippen LogP contribution in [0.2, 0.25) is 0 Å². The number of carboxylic acids is 1. The number of hydrogen-bond acceptors (Lipinski definition) is 1. The molecule has 0 saturated carbocycles. The van der Waals surface area contributed by atoms with Crippen LogP contribution in [0.4, 0.5) is 0 Å². The first-order chi connectivity index (χ1) is 11.8. The highest BCUT2D eigenvalue weighted by Gasteiger charge is 1.90. The minimum atomic E-state index is -0.761. The second-order valence-electron chi connectivity index (χ2n) is 5.09. The molecule has 24 heavy (non-hydrogen) atoms. The topological polar surface area (TPSA) is 37.3 Å². The number of aliphatic carboxylic acids is 1. The molecule has 0 fully saturated rings. The van der Waals surface area contributed by atoms with Gasteiger partial charge in [0.05, 0.1) is 0 Å². The lowest BCUT2D eigenvalue weighted by Gasteiger charge is -1.84. The summed E-state index contributed by atoms with van der Waals surface area (Å²) in [5.41, 5.74) is 0. The minimum absolute atomic E-state index is 0.183. The number of carbonyl (C=O) groups is 1. The molecular formula is C22H30O2. The summed E-state index contributed by atoms with van der Waals surface area (Å²) in [5.74, 6) is -0.761. The summed E-state index contributed by atoms with van der Waals surface area (Å²) in [6, 6.07) is 0. The van der Waals surface area contributed by atoms with Crippen molar-refractivity contribution in [2.24, 2.45) is 0 Å². The van der Waals surface area contributed by atoms with Gasteiger partial charge in [-0.25, -0.2) is 0 Å². The Kier molecular flexibility index (Phi) is 16.9. The molecule has 0 aromatic rings. The summed E-state index contributed by atoms with van der Waals surface area (Å²) in [7, 11) is 0. The number of hydrogen-bond donors (Lipinski definition) is 1. The smallest absolute Gasteiger partial charge is 0.303 e. The fraction of sp³-hybridized carbons (Fsp3) is 0.318. The van der Waals surface area contributed by atoms with Crippen molar-refractivity contribution < 1.29 is 9.90 Å². The quantitative estimate of drug-likeness (QED) is 0.317. The van der Waals surface area contributed by atoms with E-state index < -0.39 is 5.97 Å². The molecule has 0 bridgehead atoms. The zero-order valence-corrected chi connectivity index (χ0v) is 14.7. The highest BCUT2D eigenvalue weighted by molar-refractivity contribution is 5.66. The van der Waals surface area contributed by atoms with E-state index in [0.29, 0.717) is 6.42 Å². The third kappa shape index (κ3) is 19.7. The molecule has 0 aliphatic rings. The van der Waals surface area contributed by atoms with Crippen LogP contribution in [0.1, 0.15) is 45.4 Å². The van der Waals surface area contributed by atoms with Gasteiger partial charge < -0.3 is 5.11 Å². The lowest BCUT2D eigenvalue weighted by atomic mass is 10.2. The van der Waals surface area contributed by atoms with Gasteiger partial charge in [0.25, 0.3) is 0 Å². The number of rotatable bonds is 13. The zero-order chi connectivity index (χ0) is 17.7. The summed E-state index contributed by atoms with van der Waals surface area (Å²) in [5, 5.41) is 8.48. The predicted molar refractivity (Wildman–Crippen MR) is 105 cm³/mol. The molecule has 0 saturated heterocycles. The van der Waals surface area contributed by atoms with Crippen LogP contribution in [-0.2, 0) is 4.79 Å². The van der Waals surface area contributed by atoms with Gasteiger partial charge in [-0.3, -0.25) is 4.79 Å². The van der Waals surface area contributed by atoms with E-state index in [4.69, 9.17) is 5.11 Å². The Bertz CT molecular complexity index is 500. The maximum atomic E-state index is 10.3. The molecule has 0 spiro atoms. The molecule has 0 rings (SSSR count). The Hall–Kier alpha value is -2.35. The van der Waals surface area contributed by atoms with E-state index >= 15 is 0 Å². The monoisotopic (exact) mass is 326 g/mol. The van der Waals surface area contributed by atoms with E-state index in [1.165, 1.54) is 0 Å². The Morgan fingerprint density at radius 3 is 1.67 bits per heavy atom. The van der Waals surface area contributed by atoms with E-state index in [1.54, 1.807) is 0 Å². The normalized spacial score (nSPS) is 13.4. The Labute approximate surface area is 147 Å². The molecule has 0 unspecified atom stereocenters. The van der Waals surface area contributed by atoms with E-state index in [1.807, 2.05) is 42.5 Å². The van der Waals surface area contributed by atoms with Crippen LogP contribution >= 0.6 is 0 Å². The van der Waals surface area contributed by atoms with Crippen LogP contribution in [0.3, 0.4) is 0 Å². The Morgan fingerprint density at radius 1 is 0.667 bits per heavy atom. The molecule has 0 aromatic carbocycles. The molecule has 0 amide bonds. The summed E-state index contributed by atoms with van der Waals surface area (Å²) < 4.78 is 0. The molecule has 0 aliphatic carbocycles. The average Bonchev–Trinajstić information content (AvgIpc) is 2.56. The fourth-order valence-electron chi connectivity index (χ4n) is 1.68. The fourth-order valence-corrected chi connectivity index (χ4v) is 1.68. The Balaban J connectivity index is 3.65. The highest BCUT2D eigenvalue weighted by atomic mass is 16.4. The number of carboxylic acid groups (broad SMARTS) is 1. The van der Waals surface area contributed by atoms with Crippen LogP contribution < -0.4 is 0 Å². The van der Waals surface area contributed by atoms with Crippen LogP contribution in [0.15, 0.2) is 85.1 Å². The van der Waals surface area contributed by atoms with Crippen LogP contribution in [0, 0.1) is 0 Å². The average molecular weight is 326 g/mol. The first-order valence-electron chi connectivity index (χ1n) is 8.59. The van der Waals surface area contributed by atoms with Crippen molar-refractivity contribution in [2.45, 2.75) is 45.4 Å². The molecule has 130 valence electrons. The molecule has 0 aromatic heterocycles. The maximum absolute atomic E-state index is 10.3. The van der Waals surface area contributed by atoms with Gasteiger partial charge in [-0.2, -0.15) is 0 Å². The number of allylic oxidation sites excluding steroid dienone is 14. The van der Waals surface area contributed by atoms with Crippen molar-refractivity contribution in [3.8, 4) is 0 Å². The van der Waals surface area contributed by atoms with Gasteiger partial charge in [0, 0.05) is 6.42 Å². The largest absolute Gasteiger partial charge is 0.481 e. The third-order valence-corrected chi connectivity index (χ3v) is 2.90. The third-order valence-electron chi connectivity index (χ3n) is 2.90. The second kappa shape index (κ2) is 18.7. The lowest BCUT2D eigenvalue weighted by Crippen LogP contribution is -1.91. The molecular weight excluding hydrogens is 296 g/mol. The summed E-state index contributed by atoms with van der Waals surface area (Å²) >= 11 is 0. The van der Waals surface area contributed by atoms with Gasteiger partial charge >= 0.3 is 5.97 Å². The van der Waals surface area contributed by atoms with Gasteiger partial charge in [0.15, 0.2) is 0 Å². The van der Waals surface area contributed by atoms with Crippen molar-refractivity contribution in [1.82, 2.24) is 0 Å². The minimum Gasteiger partial charge on any atom is -0.481 e. The molecule has 2 heteroatoms. The summed E-state index contributed by atoms with van der Waals surface area (Å²) in [6.07, 6.45) is 33.5. The highest BCUT2D eigenvalue weighted by Crippen LogP contribution is 1.95. The molecule has 0 atom stereocenters. The van der Waals surface area contributed by atoms with Crippen molar-refractivity contribution in [3.05, 3.63) is 85.1 Å². The van der Waals surface area contributed by atoms with Crippen LogP contribution in [0.25, 0.3) is 0 Å². The van der Waals surface area contributed by atoms with E-state index in [2.05, 4.69) is 49.5 Å². The molecule has 2 nitrogen and oxygen atoms in total. The van der Waals surface area contributed by atoms with Crippen molar-refractivity contribution in [3.63, 3.8) is 0 Å². The van der Waals surface area contributed by atoms with Gasteiger partial charge in [-0.1, -0.05) is 92.0 Å². The standard InChI is InChI=1S/C22H30O2/c1-2-3-4-5-6-7-8-9-10-11-12-13-14-15-16-17-18-19-20-21-22(23)24/h3-4,6-7,9-10,12-19H,2,5,8,11,20-21H2,1H3,(H,23,24)/b4-3-,7-6-,10-9-,13-12-,15-14+,17-16+,19-18+. The molecule has 0 radical (unpaired) electrons. The first-order valence-corrected chi connectivity index (χ1v) is 8.59. The molecule has 0 heterocycles. The lowest BCUT2D eigenvalue weighted by molar-refractivity contribution is -0.136. The van der Waals surface area contributed by atoms with Crippen molar-refractivity contribution >= 4 is 5.97 Å². The van der Waals surface area contributed by atoms with E-state index in [9.17, 15) is 4.79 Å². The van der Waals surface area contributed by atoms with Crippen molar-refractivity contribution in [2.75, 3.05) is 0 Å². The summed E-state index contributed by atoms with van der Waals surface area (Å²) in [4.78, 5) is 10.3. The zero-order valence-electron chi connectivity index (χ0n) is 14.7. The van der Waals surface area contributed by atoms with Crippen LogP contribution in [-0.4, -0.2) is 11.1 Å². The van der Waals surface area contributed by atoms with Crippen LogP contribution in [0.5, 0.6) is 0 Å². The molecule has 1 N–H and O–H groups in total. The van der Waals surface area contributed by atoms with Gasteiger partial charge in [0.1, 0.15) is 0 Å². The van der Waals surface area contributed by atoms with E-state index in [0.717, 1.165) is 25.7 Å². The van der Waals surface area contributed by atoms with E-state index in [-0.39, 0.29) is 6.42 Å². The van der Waals surface area contributed by atoms with Gasteiger partial charge in [-0.05, 0) is 32.1 Å². The molecule has 0 aliphatic heterocycles.